The molecule has 9 heteroatoms. The number of nitrogen functional groups attached to an aromatic ring is 1. The Morgan fingerprint density at radius 1 is 1.44 bits per heavy atom. The summed E-state index contributed by atoms with van der Waals surface area (Å²) in [4.78, 5) is 11.3. The van der Waals surface area contributed by atoms with Crippen LogP contribution in [0.5, 0.6) is 0 Å². The van der Waals surface area contributed by atoms with E-state index in [4.69, 9.17) is 10.6 Å². The number of hydrazine groups is 1. The molecule has 1 fully saturated rings. The molecule has 0 spiro atoms. The molecule has 1 aliphatic heterocycles. The summed E-state index contributed by atoms with van der Waals surface area (Å²) in [6.07, 6.45) is 0. The van der Waals surface area contributed by atoms with Gasteiger partial charge >= 0.3 is 0 Å². The predicted octanol–water partition coefficient (Wildman–Crippen LogP) is -0.627. The van der Waals surface area contributed by atoms with Crippen LogP contribution in [0, 0.1) is 0 Å². The number of rotatable bonds is 3. The lowest BCUT2D eigenvalue weighted by atomic mass is 10.3. The van der Waals surface area contributed by atoms with Gasteiger partial charge in [-0.2, -0.15) is 4.31 Å². The fourth-order valence-corrected chi connectivity index (χ4v) is 4.29. The number of hydrogen-bond acceptors (Lipinski definition) is 6. The molecule has 100 valence electrons. The Bertz CT molecular complexity index is 534. The number of sulfonamides is 1. The largest absolute Gasteiger partial charge is 0.379 e. The van der Waals surface area contributed by atoms with E-state index in [1.54, 1.807) is 0 Å². The molecule has 1 amide bonds. The van der Waals surface area contributed by atoms with Crippen LogP contribution in [0.25, 0.3) is 0 Å². The lowest BCUT2D eigenvalue weighted by Crippen LogP contribution is -2.40. The molecule has 1 aromatic rings. The first-order valence-corrected chi connectivity index (χ1v) is 7.55. The Labute approximate surface area is 109 Å². The van der Waals surface area contributed by atoms with Crippen LogP contribution in [-0.4, -0.2) is 44.9 Å². The van der Waals surface area contributed by atoms with Crippen LogP contribution in [-0.2, 0) is 14.8 Å². The maximum atomic E-state index is 12.2. The number of nitrogens with two attached hydrogens (primary N) is 1. The van der Waals surface area contributed by atoms with Crippen LogP contribution in [0.4, 0.5) is 0 Å². The molecule has 0 bridgehead atoms. The molecular weight excluding hydrogens is 278 g/mol. The number of nitrogens with zero attached hydrogens (tertiary/aromatic N) is 1. The molecule has 0 aromatic carbocycles. The number of hydrogen-bond donors (Lipinski definition) is 2. The fourth-order valence-electron chi connectivity index (χ4n) is 1.57. The van der Waals surface area contributed by atoms with Crippen LogP contribution in [0.15, 0.2) is 15.7 Å². The van der Waals surface area contributed by atoms with E-state index >= 15 is 0 Å². The summed E-state index contributed by atoms with van der Waals surface area (Å²) in [5, 5.41) is 1.47. The van der Waals surface area contributed by atoms with Crippen LogP contribution in [0.2, 0.25) is 0 Å². The van der Waals surface area contributed by atoms with Crippen LogP contribution in [0.3, 0.4) is 0 Å². The van der Waals surface area contributed by atoms with Crippen molar-refractivity contribution in [3.8, 4) is 0 Å². The Hall–Kier alpha value is -1.00. The summed E-state index contributed by atoms with van der Waals surface area (Å²) >= 11 is 1.01. The summed E-state index contributed by atoms with van der Waals surface area (Å²) in [6, 6.07) is 1.33. The highest BCUT2D eigenvalue weighted by Gasteiger charge is 2.28. The highest BCUT2D eigenvalue weighted by molar-refractivity contribution is 7.91. The van der Waals surface area contributed by atoms with E-state index in [1.807, 2.05) is 5.43 Å². The van der Waals surface area contributed by atoms with E-state index in [0.717, 1.165) is 11.3 Å². The first-order chi connectivity index (χ1) is 8.55. The topological polar surface area (TPSA) is 102 Å². The van der Waals surface area contributed by atoms with E-state index < -0.39 is 15.9 Å². The summed E-state index contributed by atoms with van der Waals surface area (Å²) in [5.41, 5.74) is 2.21. The van der Waals surface area contributed by atoms with Crippen molar-refractivity contribution in [2.24, 2.45) is 5.84 Å². The normalized spacial score (nSPS) is 17.6. The van der Waals surface area contributed by atoms with E-state index in [9.17, 15) is 13.2 Å². The van der Waals surface area contributed by atoms with Crippen molar-refractivity contribution in [1.82, 2.24) is 9.73 Å². The van der Waals surface area contributed by atoms with Gasteiger partial charge in [-0.05, 0) is 6.07 Å². The van der Waals surface area contributed by atoms with Gasteiger partial charge in [-0.25, -0.2) is 14.3 Å². The second-order valence-electron chi connectivity index (χ2n) is 3.64. The lowest BCUT2D eigenvalue weighted by Gasteiger charge is -2.25. The third-order valence-electron chi connectivity index (χ3n) is 2.53. The minimum absolute atomic E-state index is 0.142. The lowest BCUT2D eigenvalue weighted by molar-refractivity contribution is 0.0731. The molecule has 1 saturated heterocycles. The zero-order valence-corrected chi connectivity index (χ0v) is 11.1. The van der Waals surface area contributed by atoms with Crippen molar-refractivity contribution in [1.29, 1.82) is 0 Å². The summed E-state index contributed by atoms with van der Waals surface area (Å²) < 4.78 is 31.1. The summed E-state index contributed by atoms with van der Waals surface area (Å²) in [7, 11) is -3.53. The monoisotopic (exact) mass is 291 g/mol. The molecule has 7 nitrogen and oxygen atoms in total. The quantitative estimate of drug-likeness (QED) is 0.439. The predicted molar refractivity (Wildman–Crippen MR) is 65.6 cm³/mol. The van der Waals surface area contributed by atoms with Gasteiger partial charge in [0.05, 0.1) is 18.8 Å². The standard InChI is InChI=1S/C9H13N3O4S2/c10-11-9(13)7-5-8(17-6-7)18(14,15)12-1-3-16-4-2-12/h5-6H,1-4,10H2,(H,11,13). The Kier molecular flexibility index (Phi) is 3.97. The molecule has 1 aliphatic rings. The molecule has 3 N–H and O–H groups in total. The minimum atomic E-state index is -3.53. The molecule has 1 aromatic heterocycles. The minimum Gasteiger partial charge on any atom is -0.379 e. The second-order valence-corrected chi connectivity index (χ2v) is 6.72. The summed E-state index contributed by atoms with van der Waals surface area (Å²) in [6.45, 7) is 1.44. The Balaban J connectivity index is 2.24. The SMILES string of the molecule is NNC(=O)c1csc(S(=O)(=O)N2CCOCC2)c1. The molecule has 0 unspecified atom stereocenters. The first kappa shape index (κ1) is 13.4. The van der Waals surface area contributed by atoms with Gasteiger partial charge in [-0.3, -0.25) is 10.2 Å². The maximum Gasteiger partial charge on any atom is 0.266 e. The third-order valence-corrected chi connectivity index (χ3v) is 5.85. The van der Waals surface area contributed by atoms with Crippen LogP contribution >= 0.6 is 11.3 Å². The molecule has 2 rings (SSSR count). The van der Waals surface area contributed by atoms with Crippen LogP contribution in [0.1, 0.15) is 10.4 Å². The van der Waals surface area contributed by atoms with Gasteiger partial charge in [-0.15, -0.1) is 11.3 Å². The van der Waals surface area contributed by atoms with Crippen LogP contribution < -0.4 is 11.3 Å². The van der Waals surface area contributed by atoms with E-state index in [1.165, 1.54) is 15.8 Å². The number of carbonyl (C=O) groups is 1. The molecule has 0 saturated carbocycles. The fraction of sp³-hybridized carbons (Fsp3) is 0.444. The van der Waals surface area contributed by atoms with Gasteiger partial charge < -0.3 is 4.74 Å². The van der Waals surface area contributed by atoms with Crippen molar-refractivity contribution >= 4 is 27.3 Å². The van der Waals surface area contributed by atoms with Crippen molar-refractivity contribution in [3.63, 3.8) is 0 Å². The Morgan fingerprint density at radius 2 is 2.11 bits per heavy atom. The molecule has 0 aliphatic carbocycles. The van der Waals surface area contributed by atoms with Gasteiger partial charge in [0.2, 0.25) is 0 Å². The van der Waals surface area contributed by atoms with E-state index in [0.29, 0.717) is 26.3 Å². The summed E-state index contributed by atoms with van der Waals surface area (Å²) in [5.74, 6) is 4.49. The van der Waals surface area contributed by atoms with Gasteiger partial charge in [-0.1, -0.05) is 0 Å². The molecule has 2 heterocycles. The molecule has 0 radical (unpaired) electrons. The van der Waals surface area contributed by atoms with Crippen molar-refractivity contribution < 1.29 is 17.9 Å². The highest BCUT2D eigenvalue weighted by Crippen LogP contribution is 2.24. The number of thiophene rings is 1. The first-order valence-electron chi connectivity index (χ1n) is 5.23. The zero-order chi connectivity index (χ0) is 13.2. The number of ether oxygens (including phenoxy) is 1. The van der Waals surface area contributed by atoms with E-state index in [-0.39, 0.29) is 9.77 Å². The number of morpholine rings is 1. The van der Waals surface area contributed by atoms with Crippen molar-refractivity contribution in [3.05, 3.63) is 17.0 Å². The van der Waals surface area contributed by atoms with Gasteiger partial charge in [0.25, 0.3) is 15.9 Å². The molecule has 0 atom stereocenters. The Morgan fingerprint density at radius 3 is 2.72 bits per heavy atom. The number of carbonyl (C=O) groups excluding carboxylic acids is 1. The zero-order valence-electron chi connectivity index (χ0n) is 9.46. The van der Waals surface area contributed by atoms with Crippen molar-refractivity contribution in [2.75, 3.05) is 26.3 Å². The highest BCUT2D eigenvalue weighted by atomic mass is 32.2. The van der Waals surface area contributed by atoms with Gasteiger partial charge in [0.1, 0.15) is 4.21 Å². The third kappa shape index (κ3) is 2.54. The smallest absolute Gasteiger partial charge is 0.266 e. The van der Waals surface area contributed by atoms with Crippen molar-refractivity contribution in [2.45, 2.75) is 4.21 Å². The molecular formula is C9H13N3O4S2. The number of nitrogens with one attached hydrogen (secondary N) is 1. The second kappa shape index (κ2) is 5.33. The average molecular weight is 291 g/mol. The number of amides is 1. The maximum absolute atomic E-state index is 12.2. The van der Waals surface area contributed by atoms with Gasteiger partial charge in [0.15, 0.2) is 0 Å². The molecule has 18 heavy (non-hydrogen) atoms. The van der Waals surface area contributed by atoms with Gasteiger partial charge in [0, 0.05) is 18.5 Å². The van der Waals surface area contributed by atoms with E-state index in [2.05, 4.69) is 0 Å². The average Bonchev–Trinajstić information content (AvgIpc) is 2.89.